The van der Waals surface area contributed by atoms with Gasteiger partial charge in [-0.05, 0) is 30.7 Å². The summed E-state index contributed by atoms with van der Waals surface area (Å²) in [6, 6.07) is 2.04. The Labute approximate surface area is 112 Å². The van der Waals surface area contributed by atoms with Gasteiger partial charge < -0.3 is 4.98 Å². The van der Waals surface area contributed by atoms with Crippen molar-refractivity contribution in [3.8, 4) is 0 Å². The van der Waals surface area contributed by atoms with E-state index in [1.54, 1.807) is 7.05 Å². The van der Waals surface area contributed by atoms with Gasteiger partial charge in [-0.2, -0.15) is 0 Å². The number of allylic oxidation sites excluding steroid dienone is 1. The van der Waals surface area contributed by atoms with Gasteiger partial charge >= 0.3 is 0 Å². The Morgan fingerprint density at radius 1 is 1.53 bits per heavy atom. The van der Waals surface area contributed by atoms with E-state index in [0.717, 1.165) is 28.3 Å². The zero-order chi connectivity index (χ0) is 13.4. The molecule has 1 N–H and O–H groups in total. The first-order chi connectivity index (χ1) is 9.20. The lowest BCUT2D eigenvalue weighted by Crippen LogP contribution is -2.23. The molecule has 1 fully saturated rings. The molecule has 2 aromatic rings. The van der Waals surface area contributed by atoms with E-state index < -0.39 is 0 Å². The number of rotatable bonds is 2. The van der Waals surface area contributed by atoms with Crippen LogP contribution in [0.3, 0.4) is 0 Å². The number of hydrogen-bond acceptors (Lipinski definition) is 2. The van der Waals surface area contributed by atoms with E-state index in [9.17, 15) is 0 Å². The number of fused-ring (bicyclic) bond motifs is 1. The second-order valence-corrected chi connectivity index (χ2v) is 5.49. The first-order valence-electron chi connectivity index (χ1n) is 6.88. The number of H-pyrrole nitrogens is 1. The van der Waals surface area contributed by atoms with Crippen LogP contribution in [0.2, 0.25) is 0 Å². The summed E-state index contributed by atoms with van der Waals surface area (Å²) in [4.78, 5) is 11.9. The Morgan fingerprint density at radius 3 is 3.05 bits per heavy atom. The summed E-state index contributed by atoms with van der Waals surface area (Å²) in [6.45, 7) is 6.66. The molecule has 2 atom stereocenters. The normalized spacial score (nSPS) is 24.2. The number of nitrogens with zero attached hydrogens (tertiary/aromatic N) is 3. The first kappa shape index (κ1) is 12.2. The van der Waals surface area contributed by atoms with Crippen LogP contribution in [0.1, 0.15) is 26.2 Å². The number of aromatic amines is 1. The molecule has 1 saturated carbocycles. The van der Waals surface area contributed by atoms with Crippen molar-refractivity contribution < 1.29 is 0 Å². The molecule has 0 bridgehead atoms. The molecular weight excluding hydrogens is 236 g/mol. The van der Waals surface area contributed by atoms with Crippen molar-refractivity contribution >= 4 is 16.9 Å². The lowest BCUT2D eigenvalue weighted by atomic mass is 10.0. The van der Waals surface area contributed by atoms with Crippen LogP contribution in [0, 0.1) is 11.8 Å². The number of aromatic nitrogens is 3. The lowest BCUT2D eigenvalue weighted by molar-refractivity contribution is 0.583. The highest BCUT2D eigenvalue weighted by Crippen LogP contribution is 2.36. The molecule has 0 spiro atoms. The first-order valence-corrected chi connectivity index (χ1v) is 6.88. The van der Waals surface area contributed by atoms with Gasteiger partial charge in [-0.25, -0.2) is 4.98 Å². The summed E-state index contributed by atoms with van der Waals surface area (Å²) in [7, 11) is 1.80. The molecule has 19 heavy (non-hydrogen) atoms. The Balaban J connectivity index is 2.13. The van der Waals surface area contributed by atoms with Crippen molar-refractivity contribution in [3.63, 3.8) is 0 Å². The molecule has 0 aromatic carbocycles. The molecule has 100 valence electrons. The summed E-state index contributed by atoms with van der Waals surface area (Å²) < 4.78 is 2.15. The standard InChI is InChI=1S/C15H20N4/c1-10-4-5-12(8-10)11(2)19-13-6-7-17-15(13)18-9-14(19)16-3/h6-7,9-10,12,17H,2,4-5,8H2,1,3H3/t10?,12-/m1/s1. The van der Waals surface area contributed by atoms with Crippen molar-refractivity contribution in [2.45, 2.75) is 26.2 Å². The highest BCUT2D eigenvalue weighted by Gasteiger charge is 2.25. The zero-order valence-corrected chi connectivity index (χ0v) is 11.6. The van der Waals surface area contributed by atoms with E-state index in [0.29, 0.717) is 5.92 Å². The molecule has 0 aliphatic heterocycles. The molecule has 1 aliphatic rings. The van der Waals surface area contributed by atoms with Gasteiger partial charge in [0.25, 0.3) is 0 Å². The summed E-state index contributed by atoms with van der Waals surface area (Å²) in [5, 5.41) is 0. The van der Waals surface area contributed by atoms with Crippen molar-refractivity contribution in [2.75, 3.05) is 7.05 Å². The van der Waals surface area contributed by atoms with Crippen LogP contribution in [0.25, 0.3) is 16.9 Å². The summed E-state index contributed by atoms with van der Waals surface area (Å²) in [5.41, 5.74) is 3.97. The fraction of sp³-hybridized carbons (Fsp3) is 0.467. The summed E-state index contributed by atoms with van der Waals surface area (Å²) >= 11 is 0. The largest absolute Gasteiger partial charge is 0.345 e. The number of nitrogens with one attached hydrogen (secondary N) is 1. The zero-order valence-electron chi connectivity index (χ0n) is 11.6. The predicted octanol–water partition coefficient (Wildman–Crippen LogP) is 2.80. The minimum atomic E-state index is 0.556. The second kappa shape index (κ2) is 4.68. The van der Waals surface area contributed by atoms with E-state index in [4.69, 9.17) is 0 Å². The molecular formula is C15H20N4. The van der Waals surface area contributed by atoms with Gasteiger partial charge in [0, 0.05) is 18.9 Å². The summed E-state index contributed by atoms with van der Waals surface area (Å²) in [5.74, 6) is 1.36. The van der Waals surface area contributed by atoms with E-state index in [1.807, 2.05) is 18.5 Å². The maximum Gasteiger partial charge on any atom is 0.154 e. The molecule has 2 aromatic heterocycles. The molecule has 4 heteroatoms. The molecule has 0 radical (unpaired) electrons. The average Bonchev–Trinajstić information content (AvgIpc) is 3.04. The highest BCUT2D eigenvalue weighted by molar-refractivity contribution is 5.75. The van der Waals surface area contributed by atoms with Crippen LogP contribution in [0.4, 0.5) is 0 Å². The minimum absolute atomic E-state index is 0.556. The van der Waals surface area contributed by atoms with Crippen LogP contribution in [0.5, 0.6) is 0 Å². The maximum atomic E-state index is 4.39. The van der Waals surface area contributed by atoms with Crippen molar-refractivity contribution in [3.05, 3.63) is 30.5 Å². The van der Waals surface area contributed by atoms with Gasteiger partial charge in [-0.1, -0.05) is 19.9 Å². The Kier molecular flexibility index (Phi) is 3.01. The van der Waals surface area contributed by atoms with Gasteiger partial charge in [-0.15, -0.1) is 0 Å². The third-order valence-electron chi connectivity index (χ3n) is 4.17. The monoisotopic (exact) mass is 256 g/mol. The summed E-state index contributed by atoms with van der Waals surface area (Å²) in [6.07, 6.45) is 7.47. The molecule has 1 aliphatic carbocycles. The fourth-order valence-corrected chi connectivity index (χ4v) is 3.09. The Bertz CT molecular complexity index is 677. The molecule has 0 saturated heterocycles. The smallest absolute Gasteiger partial charge is 0.154 e. The topological polar surface area (TPSA) is 46.0 Å². The minimum Gasteiger partial charge on any atom is -0.345 e. The van der Waals surface area contributed by atoms with Crippen molar-refractivity contribution in [1.82, 2.24) is 14.5 Å². The Hall–Kier alpha value is -1.84. The quantitative estimate of drug-likeness (QED) is 0.882. The van der Waals surface area contributed by atoms with Crippen LogP contribution in [0.15, 0.2) is 30.0 Å². The second-order valence-electron chi connectivity index (χ2n) is 5.49. The van der Waals surface area contributed by atoms with E-state index in [1.165, 1.54) is 19.3 Å². The van der Waals surface area contributed by atoms with Gasteiger partial charge in [0.05, 0.1) is 11.7 Å². The van der Waals surface area contributed by atoms with Crippen LogP contribution in [-0.2, 0) is 0 Å². The third-order valence-corrected chi connectivity index (χ3v) is 4.17. The Morgan fingerprint density at radius 2 is 2.37 bits per heavy atom. The van der Waals surface area contributed by atoms with Crippen LogP contribution >= 0.6 is 0 Å². The van der Waals surface area contributed by atoms with E-state index in [-0.39, 0.29) is 0 Å². The molecule has 3 rings (SSSR count). The predicted molar refractivity (Wildman–Crippen MR) is 77.4 cm³/mol. The highest BCUT2D eigenvalue weighted by atomic mass is 15.1. The fourth-order valence-electron chi connectivity index (χ4n) is 3.09. The SMILES string of the molecule is C=C([C@@H]1CCC(C)C1)n1c(=NC)cnc2[nH]ccc21. The molecule has 2 heterocycles. The number of hydrogen-bond donors (Lipinski definition) is 1. The van der Waals surface area contributed by atoms with Crippen molar-refractivity contribution in [2.24, 2.45) is 16.8 Å². The molecule has 4 nitrogen and oxygen atoms in total. The molecule has 0 amide bonds. The lowest BCUT2D eigenvalue weighted by Gasteiger charge is -2.18. The average molecular weight is 256 g/mol. The van der Waals surface area contributed by atoms with Crippen LogP contribution in [-0.4, -0.2) is 21.6 Å². The van der Waals surface area contributed by atoms with Gasteiger partial charge in [0.1, 0.15) is 0 Å². The van der Waals surface area contributed by atoms with Crippen molar-refractivity contribution in [1.29, 1.82) is 0 Å². The maximum absolute atomic E-state index is 4.39. The van der Waals surface area contributed by atoms with Crippen LogP contribution < -0.4 is 5.49 Å². The third kappa shape index (κ3) is 2.01. The van der Waals surface area contributed by atoms with E-state index in [2.05, 4.69) is 33.0 Å². The van der Waals surface area contributed by atoms with Gasteiger partial charge in [-0.3, -0.25) is 9.56 Å². The van der Waals surface area contributed by atoms with E-state index >= 15 is 0 Å². The van der Waals surface area contributed by atoms with Gasteiger partial charge in [0.2, 0.25) is 0 Å². The van der Waals surface area contributed by atoms with Gasteiger partial charge in [0.15, 0.2) is 11.1 Å². The molecule has 1 unspecified atom stereocenters.